The van der Waals surface area contributed by atoms with Crippen LogP contribution in [0.3, 0.4) is 0 Å². The van der Waals surface area contributed by atoms with E-state index >= 15 is 0 Å². The summed E-state index contributed by atoms with van der Waals surface area (Å²) in [5.41, 5.74) is 3.62. The third kappa shape index (κ3) is 5.58. The molecule has 8 heteroatoms. The molecule has 0 spiro atoms. The molecule has 2 aromatic rings. The Balaban J connectivity index is 1.94. The molecule has 0 bridgehead atoms. The summed E-state index contributed by atoms with van der Waals surface area (Å²) >= 11 is 0. The van der Waals surface area contributed by atoms with Crippen LogP contribution in [0.1, 0.15) is 29.8 Å². The number of aryl methyl sites for hydroxylation is 1. The number of hydrogen-bond acceptors (Lipinski definition) is 6. The first-order chi connectivity index (χ1) is 13.5. The van der Waals surface area contributed by atoms with E-state index in [0.717, 1.165) is 28.4 Å². The molecule has 1 aromatic carbocycles. The van der Waals surface area contributed by atoms with Crippen molar-refractivity contribution < 1.29 is 19.1 Å². The van der Waals surface area contributed by atoms with Gasteiger partial charge in [0.15, 0.2) is 6.61 Å². The summed E-state index contributed by atoms with van der Waals surface area (Å²) in [5, 5.41) is 15.5. The SMILES string of the molecule is COc1cccc(-n2nc(C)c(CCC(=O)OCC(=O)NCCC#N)c2C)c1. The van der Waals surface area contributed by atoms with E-state index in [0.29, 0.717) is 6.42 Å². The Kier molecular flexibility index (Phi) is 7.57. The largest absolute Gasteiger partial charge is 0.497 e. The molecule has 0 fully saturated rings. The number of nitrogens with zero attached hydrogens (tertiary/aromatic N) is 3. The smallest absolute Gasteiger partial charge is 0.306 e. The fourth-order valence-electron chi connectivity index (χ4n) is 2.78. The van der Waals surface area contributed by atoms with Crippen molar-refractivity contribution >= 4 is 11.9 Å². The van der Waals surface area contributed by atoms with Crippen molar-refractivity contribution in [2.45, 2.75) is 33.1 Å². The Morgan fingerprint density at radius 2 is 2.11 bits per heavy atom. The lowest BCUT2D eigenvalue weighted by molar-refractivity contribution is -0.148. The Morgan fingerprint density at radius 1 is 1.32 bits per heavy atom. The van der Waals surface area contributed by atoms with Crippen molar-refractivity contribution in [3.8, 4) is 17.5 Å². The van der Waals surface area contributed by atoms with Gasteiger partial charge in [0, 0.05) is 24.7 Å². The van der Waals surface area contributed by atoms with Gasteiger partial charge in [-0.2, -0.15) is 10.4 Å². The molecule has 0 aliphatic heterocycles. The summed E-state index contributed by atoms with van der Waals surface area (Å²) in [4.78, 5) is 23.4. The summed E-state index contributed by atoms with van der Waals surface area (Å²) in [6, 6.07) is 9.50. The zero-order valence-electron chi connectivity index (χ0n) is 16.3. The number of amides is 1. The molecular formula is C20H24N4O4. The van der Waals surface area contributed by atoms with Gasteiger partial charge in [0.05, 0.1) is 31.0 Å². The number of esters is 1. The predicted molar refractivity (Wildman–Crippen MR) is 102 cm³/mol. The van der Waals surface area contributed by atoms with E-state index in [4.69, 9.17) is 14.7 Å². The Labute approximate surface area is 164 Å². The van der Waals surface area contributed by atoms with Crippen LogP contribution in [0.25, 0.3) is 5.69 Å². The number of aromatic nitrogens is 2. The van der Waals surface area contributed by atoms with Crippen LogP contribution in [0.5, 0.6) is 5.75 Å². The van der Waals surface area contributed by atoms with Gasteiger partial charge in [-0.25, -0.2) is 4.68 Å². The number of carbonyl (C=O) groups excluding carboxylic acids is 2. The minimum absolute atomic E-state index is 0.150. The average molecular weight is 384 g/mol. The third-order valence-corrected chi connectivity index (χ3v) is 4.24. The van der Waals surface area contributed by atoms with E-state index in [-0.39, 0.29) is 26.0 Å². The molecule has 148 valence electrons. The number of rotatable bonds is 9. The quantitative estimate of drug-likeness (QED) is 0.524. The topological polar surface area (TPSA) is 106 Å². The van der Waals surface area contributed by atoms with E-state index in [1.54, 1.807) is 7.11 Å². The van der Waals surface area contributed by atoms with E-state index in [1.807, 2.05) is 48.9 Å². The van der Waals surface area contributed by atoms with E-state index in [1.165, 1.54) is 0 Å². The fraction of sp³-hybridized carbons (Fsp3) is 0.400. The van der Waals surface area contributed by atoms with Gasteiger partial charge in [-0.3, -0.25) is 9.59 Å². The number of hydrogen-bond donors (Lipinski definition) is 1. The molecule has 0 radical (unpaired) electrons. The lowest BCUT2D eigenvalue weighted by Crippen LogP contribution is -2.29. The van der Waals surface area contributed by atoms with Gasteiger partial charge in [-0.15, -0.1) is 0 Å². The van der Waals surface area contributed by atoms with Crippen molar-refractivity contribution in [3.05, 3.63) is 41.2 Å². The number of carbonyl (C=O) groups is 2. The first-order valence-corrected chi connectivity index (χ1v) is 8.95. The van der Waals surface area contributed by atoms with Crippen LogP contribution in [-0.2, 0) is 20.7 Å². The van der Waals surface area contributed by atoms with Crippen LogP contribution >= 0.6 is 0 Å². The molecule has 2 rings (SSSR count). The van der Waals surface area contributed by atoms with Crippen molar-refractivity contribution in [2.75, 3.05) is 20.3 Å². The lowest BCUT2D eigenvalue weighted by Gasteiger charge is -2.08. The van der Waals surface area contributed by atoms with Gasteiger partial charge in [-0.05, 0) is 38.0 Å². The molecule has 1 N–H and O–H groups in total. The van der Waals surface area contributed by atoms with Gasteiger partial charge in [0.2, 0.25) is 0 Å². The van der Waals surface area contributed by atoms with Crippen LogP contribution in [-0.4, -0.2) is 41.9 Å². The van der Waals surface area contributed by atoms with Gasteiger partial charge in [-0.1, -0.05) is 6.07 Å². The van der Waals surface area contributed by atoms with Gasteiger partial charge < -0.3 is 14.8 Å². The molecule has 28 heavy (non-hydrogen) atoms. The number of methoxy groups -OCH3 is 1. The molecule has 0 unspecified atom stereocenters. The highest BCUT2D eigenvalue weighted by atomic mass is 16.5. The standard InChI is InChI=1S/C20H24N4O4/c1-14-18(8-9-20(26)28-13-19(25)22-11-5-10-21)15(2)24(23-14)16-6-4-7-17(12-16)27-3/h4,6-7,12H,5,8-9,11,13H2,1-3H3,(H,22,25). The van der Waals surface area contributed by atoms with E-state index in [9.17, 15) is 9.59 Å². The first kappa shape index (κ1) is 21.0. The third-order valence-electron chi connectivity index (χ3n) is 4.24. The zero-order valence-corrected chi connectivity index (χ0v) is 16.3. The normalized spacial score (nSPS) is 10.2. The molecule has 0 saturated carbocycles. The maximum atomic E-state index is 11.9. The first-order valence-electron chi connectivity index (χ1n) is 8.95. The highest BCUT2D eigenvalue weighted by Crippen LogP contribution is 2.22. The zero-order chi connectivity index (χ0) is 20.5. The Morgan fingerprint density at radius 3 is 2.82 bits per heavy atom. The summed E-state index contributed by atoms with van der Waals surface area (Å²) in [5.74, 6) is -0.131. The molecule has 1 aromatic heterocycles. The second-order valence-electron chi connectivity index (χ2n) is 6.18. The Hall–Kier alpha value is -3.34. The number of ether oxygens (including phenoxy) is 2. The van der Waals surface area contributed by atoms with Crippen LogP contribution < -0.4 is 10.1 Å². The lowest BCUT2D eigenvalue weighted by atomic mass is 10.1. The molecule has 0 saturated heterocycles. The highest BCUT2D eigenvalue weighted by molar-refractivity contribution is 5.80. The molecule has 0 aliphatic carbocycles. The number of benzene rings is 1. The van der Waals surface area contributed by atoms with Crippen LogP contribution in [0, 0.1) is 25.2 Å². The predicted octanol–water partition coefficient (Wildman–Crippen LogP) is 2.00. The fourth-order valence-corrected chi connectivity index (χ4v) is 2.78. The minimum atomic E-state index is -0.455. The maximum Gasteiger partial charge on any atom is 0.306 e. The van der Waals surface area contributed by atoms with Crippen LogP contribution in [0.4, 0.5) is 0 Å². The number of nitriles is 1. The van der Waals surface area contributed by atoms with Crippen molar-refractivity contribution in [1.29, 1.82) is 5.26 Å². The average Bonchev–Trinajstić information content (AvgIpc) is 2.98. The van der Waals surface area contributed by atoms with Crippen molar-refractivity contribution in [2.24, 2.45) is 0 Å². The van der Waals surface area contributed by atoms with Crippen molar-refractivity contribution in [1.82, 2.24) is 15.1 Å². The second kappa shape index (κ2) is 10.1. The Bertz CT molecular complexity index is 883. The van der Waals surface area contributed by atoms with Gasteiger partial charge in [0.25, 0.3) is 5.91 Å². The highest BCUT2D eigenvalue weighted by Gasteiger charge is 2.15. The second-order valence-corrected chi connectivity index (χ2v) is 6.18. The summed E-state index contributed by atoms with van der Waals surface area (Å²) in [6.45, 7) is 3.75. The monoisotopic (exact) mass is 384 g/mol. The summed E-state index contributed by atoms with van der Waals surface area (Å²) < 4.78 is 12.1. The summed E-state index contributed by atoms with van der Waals surface area (Å²) in [7, 11) is 1.61. The summed E-state index contributed by atoms with van der Waals surface area (Å²) in [6.07, 6.45) is 0.836. The molecule has 8 nitrogen and oxygen atoms in total. The molecule has 0 aliphatic rings. The van der Waals surface area contributed by atoms with Gasteiger partial charge in [0.1, 0.15) is 5.75 Å². The maximum absolute atomic E-state index is 11.9. The minimum Gasteiger partial charge on any atom is -0.497 e. The molecule has 1 amide bonds. The molecule has 0 atom stereocenters. The van der Waals surface area contributed by atoms with Crippen LogP contribution in [0.15, 0.2) is 24.3 Å². The number of nitrogens with one attached hydrogen (secondary N) is 1. The van der Waals surface area contributed by atoms with Crippen LogP contribution in [0.2, 0.25) is 0 Å². The molecular weight excluding hydrogens is 360 g/mol. The van der Waals surface area contributed by atoms with E-state index in [2.05, 4.69) is 10.4 Å². The van der Waals surface area contributed by atoms with Crippen molar-refractivity contribution in [3.63, 3.8) is 0 Å². The van der Waals surface area contributed by atoms with E-state index < -0.39 is 11.9 Å². The molecule has 1 heterocycles. The van der Waals surface area contributed by atoms with Gasteiger partial charge >= 0.3 is 5.97 Å².